The Kier molecular flexibility index (Phi) is 6.03. The number of nitrogens with zero attached hydrogens (tertiary/aromatic N) is 1. The number of nitrogens with two attached hydrogens (primary N) is 1. The van der Waals surface area contributed by atoms with Gasteiger partial charge in [0, 0.05) is 25.2 Å². The van der Waals surface area contributed by atoms with Crippen molar-refractivity contribution in [2.45, 2.75) is 44.6 Å². The predicted molar refractivity (Wildman–Crippen MR) is 87.3 cm³/mol. The SMILES string of the molecule is COc1ccc(CCC(C)(CN)NN2CCCCC2)cc1. The first kappa shape index (κ1) is 16.3. The minimum absolute atomic E-state index is 0.0305. The molecule has 3 N–H and O–H groups in total. The van der Waals surface area contributed by atoms with E-state index in [1.807, 2.05) is 12.1 Å². The molecule has 4 heteroatoms. The lowest BCUT2D eigenvalue weighted by atomic mass is 9.94. The van der Waals surface area contributed by atoms with Gasteiger partial charge in [0.25, 0.3) is 0 Å². The highest BCUT2D eigenvalue weighted by Crippen LogP contribution is 2.18. The summed E-state index contributed by atoms with van der Waals surface area (Å²) in [5, 5.41) is 2.35. The van der Waals surface area contributed by atoms with Gasteiger partial charge >= 0.3 is 0 Å². The highest BCUT2D eigenvalue weighted by Gasteiger charge is 2.25. The molecule has 1 aromatic rings. The number of hydrogen-bond acceptors (Lipinski definition) is 4. The fourth-order valence-corrected chi connectivity index (χ4v) is 2.80. The summed E-state index contributed by atoms with van der Waals surface area (Å²) in [6.07, 6.45) is 5.98. The predicted octanol–water partition coefficient (Wildman–Crippen LogP) is 2.34. The second-order valence-corrected chi connectivity index (χ2v) is 6.27. The van der Waals surface area contributed by atoms with Gasteiger partial charge in [-0.2, -0.15) is 0 Å². The smallest absolute Gasteiger partial charge is 0.118 e. The average Bonchev–Trinajstić information content (AvgIpc) is 2.54. The van der Waals surface area contributed by atoms with Crippen LogP contribution in [-0.2, 0) is 6.42 Å². The Balaban J connectivity index is 1.87. The van der Waals surface area contributed by atoms with E-state index in [9.17, 15) is 0 Å². The van der Waals surface area contributed by atoms with Crippen LogP contribution >= 0.6 is 0 Å². The maximum Gasteiger partial charge on any atom is 0.118 e. The van der Waals surface area contributed by atoms with Crippen molar-refractivity contribution in [1.29, 1.82) is 0 Å². The second-order valence-electron chi connectivity index (χ2n) is 6.27. The van der Waals surface area contributed by atoms with Gasteiger partial charge in [0.15, 0.2) is 0 Å². The molecule has 21 heavy (non-hydrogen) atoms. The molecule has 1 atom stereocenters. The Morgan fingerprint density at radius 1 is 1.19 bits per heavy atom. The normalized spacial score (nSPS) is 19.2. The standard InChI is InChI=1S/C17H29N3O/c1-17(14-18,19-20-12-4-3-5-13-20)11-10-15-6-8-16(21-2)9-7-15/h6-9,19H,3-5,10-14,18H2,1-2H3. The maximum atomic E-state index is 6.02. The number of piperidine rings is 1. The minimum atomic E-state index is -0.0305. The molecule has 2 rings (SSSR count). The van der Waals surface area contributed by atoms with Crippen LogP contribution in [0, 0.1) is 0 Å². The van der Waals surface area contributed by atoms with Crippen molar-refractivity contribution in [3.8, 4) is 5.75 Å². The average molecular weight is 291 g/mol. The molecule has 118 valence electrons. The summed E-state index contributed by atoms with van der Waals surface area (Å²) in [5.74, 6) is 0.909. The van der Waals surface area contributed by atoms with Gasteiger partial charge in [-0.3, -0.25) is 0 Å². The van der Waals surface area contributed by atoms with Crippen molar-refractivity contribution in [3.63, 3.8) is 0 Å². The van der Waals surface area contributed by atoms with Crippen molar-refractivity contribution < 1.29 is 4.74 Å². The van der Waals surface area contributed by atoms with Gasteiger partial charge in [0.1, 0.15) is 5.75 Å². The van der Waals surface area contributed by atoms with Crippen LogP contribution in [0.5, 0.6) is 5.75 Å². The molecule has 4 nitrogen and oxygen atoms in total. The van der Waals surface area contributed by atoms with Crippen molar-refractivity contribution in [2.24, 2.45) is 5.73 Å². The first-order valence-electron chi connectivity index (χ1n) is 8.01. The summed E-state index contributed by atoms with van der Waals surface area (Å²) < 4.78 is 5.20. The highest BCUT2D eigenvalue weighted by atomic mass is 16.5. The molecule has 1 saturated heterocycles. The van der Waals surface area contributed by atoms with E-state index >= 15 is 0 Å². The number of hydrazine groups is 1. The van der Waals surface area contributed by atoms with E-state index in [2.05, 4.69) is 29.5 Å². The molecule has 1 fully saturated rings. The van der Waals surface area contributed by atoms with Crippen LogP contribution in [-0.4, -0.2) is 37.3 Å². The molecule has 0 bridgehead atoms. The van der Waals surface area contributed by atoms with Crippen LogP contribution in [0.2, 0.25) is 0 Å². The molecule has 1 aromatic carbocycles. The molecule has 0 aromatic heterocycles. The van der Waals surface area contributed by atoms with Gasteiger partial charge in [-0.25, -0.2) is 10.4 Å². The lowest BCUT2D eigenvalue weighted by Crippen LogP contribution is -2.57. The summed E-state index contributed by atoms with van der Waals surface area (Å²) in [7, 11) is 1.70. The number of aryl methyl sites for hydroxylation is 1. The minimum Gasteiger partial charge on any atom is -0.497 e. The van der Waals surface area contributed by atoms with E-state index in [4.69, 9.17) is 10.5 Å². The molecule has 0 radical (unpaired) electrons. The topological polar surface area (TPSA) is 50.5 Å². The zero-order chi connectivity index (χ0) is 15.1. The molecule has 1 heterocycles. The third-order valence-corrected chi connectivity index (χ3v) is 4.36. The molecular weight excluding hydrogens is 262 g/mol. The molecule has 0 amide bonds. The van der Waals surface area contributed by atoms with Gasteiger partial charge in [0.05, 0.1) is 7.11 Å². The Labute approximate surface area is 128 Å². The molecule has 0 saturated carbocycles. The third-order valence-electron chi connectivity index (χ3n) is 4.36. The van der Waals surface area contributed by atoms with Crippen molar-refractivity contribution in [1.82, 2.24) is 10.4 Å². The summed E-state index contributed by atoms with van der Waals surface area (Å²) in [5.41, 5.74) is 11.0. The van der Waals surface area contributed by atoms with Crippen LogP contribution in [0.1, 0.15) is 38.2 Å². The quantitative estimate of drug-likeness (QED) is 0.809. The largest absolute Gasteiger partial charge is 0.497 e. The van der Waals surface area contributed by atoms with E-state index in [0.29, 0.717) is 6.54 Å². The Hall–Kier alpha value is -1.10. The van der Waals surface area contributed by atoms with Crippen LogP contribution in [0.15, 0.2) is 24.3 Å². The maximum absolute atomic E-state index is 6.02. The zero-order valence-electron chi connectivity index (χ0n) is 13.4. The van der Waals surface area contributed by atoms with Crippen molar-refractivity contribution in [2.75, 3.05) is 26.7 Å². The van der Waals surface area contributed by atoms with Gasteiger partial charge in [-0.15, -0.1) is 0 Å². The van der Waals surface area contributed by atoms with Crippen LogP contribution in [0.3, 0.4) is 0 Å². The molecule has 1 unspecified atom stereocenters. The van der Waals surface area contributed by atoms with Gasteiger partial charge < -0.3 is 10.5 Å². The number of nitrogens with one attached hydrogen (secondary N) is 1. The fraction of sp³-hybridized carbons (Fsp3) is 0.647. The lowest BCUT2D eigenvalue weighted by molar-refractivity contribution is 0.0868. The highest BCUT2D eigenvalue weighted by molar-refractivity contribution is 5.27. The first-order valence-corrected chi connectivity index (χ1v) is 8.01. The van der Waals surface area contributed by atoms with Crippen LogP contribution in [0.25, 0.3) is 0 Å². The van der Waals surface area contributed by atoms with Crippen molar-refractivity contribution >= 4 is 0 Å². The van der Waals surface area contributed by atoms with E-state index in [-0.39, 0.29) is 5.54 Å². The molecule has 1 aliphatic heterocycles. The fourth-order valence-electron chi connectivity index (χ4n) is 2.80. The summed E-state index contributed by atoms with van der Waals surface area (Å²) in [6, 6.07) is 8.31. The van der Waals surface area contributed by atoms with Gasteiger partial charge in [-0.05, 0) is 50.3 Å². The van der Waals surface area contributed by atoms with Gasteiger partial charge in [-0.1, -0.05) is 18.6 Å². The van der Waals surface area contributed by atoms with E-state index < -0.39 is 0 Å². The lowest BCUT2D eigenvalue weighted by Gasteiger charge is -2.38. The summed E-state index contributed by atoms with van der Waals surface area (Å²) in [6.45, 7) is 5.15. The Morgan fingerprint density at radius 2 is 1.86 bits per heavy atom. The first-order chi connectivity index (χ1) is 10.1. The van der Waals surface area contributed by atoms with E-state index in [1.165, 1.54) is 24.8 Å². The third kappa shape index (κ3) is 4.99. The number of ether oxygens (including phenoxy) is 1. The number of hydrogen-bond donors (Lipinski definition) is 2. The second kappa shape index (κ2) is 7.78. The van der Waals surface area contributed by atoms with E-state index in [0.717, 1.165) is 31.7 Å². The number of rotatable bonds is 7. The molecular formula is C17H29N3O. The van der Waals surface area contributed by atoms with Crippen molar-refractivity contribution in [3.05, 3.63) is 29.8 Å². The number of benzene rings is 1. The molecule has 0 aliphatic carbocycles. The zero-order valence-corrected chi connectivity index (χ0v) is 13.4. The van der Waals surface area contributed by atoms with Crippen LogP contribution < -0.4 is 15.9 Å². The van der Waals surface area contributed by atoms with Crippen LogP contribution in [0.4, 0.5) is 0 Å². The Morgan fingerprint density at radius 3 is 2.43 bits per heavy atom. The number of methoxy groups -OCH3 is 1. The monoisotopic (exact) mass is 291 g/mol. The van der Waals surface area contributed by atoms with E-state index in [1.54, 1.807) is 7.11 Å². The molecule has 0 spiro atoms. The summed E-state index contributed by atoms with van der Waals surface area (Å²) >= 11 is 0. The molecule has 1 aliphatic rings. The Bertz CT molecular complexity index is 415. The van der Waals surface area contributed by atoms with Gasteiger partial charge in [0.2, 0.25) is 0 Å². The summed E-state index contributed by atoms with van der Waals surface area (Å²) in [4.78, 5) is 0.